The van der Waals surface area contributed by atoms with Crippen molar-refractivity contribution in [1.82, 2.24) is 29.0 Å². The van der Waals surface area contributed by atoms with Gasteiger partial charge in [0.2, 0.25) is 10.0 Å². The van der Waals surface area contributed by atoms with Gasteiger partial charge in [0, 0.05) is 37.6 Å². The SMILES string of the molecule is Cc1c(S(=O)(=O)N2CCn3nccc3C2)cc(C(=O)NCc2cccc3[nH]c(=O)oc23)n1C. The summed E-state index contributed by atoms with van der Waals surface area (Å²) >= 11 is 0. The Morgan fingerprint density at radius 2 is 2.09 bits per heavy atom. The van der Waals surface area contributed by atoms with E-state index in [1.54, 1.807) is 53.7 Å². The lowest BCUT2D eigenvalue weighted by Gasteiger charge is -2.26. The first-order chi connectivity index (χ1) is 15.8. The molecule has 3 aromatic heterocycles. The fraction of sp³-hybridized carbons (Fsp3) is 0.286. The van der Waals surface area contributed by atoms with Crippen molar-refractivity contribution in [3.8, 4) is 0 Å². The first kappa shape index (κ1) is 21.2. The highest BCUT2D eigenvalue weighted by atomic mass is 32.2. The molecule has 0 radical (unpaired) electrons. The van der Waals surface area contributed by atoms with E-state index in [4.69, 9.17) is 4.42 Å². The van der Waals surface area contributed by atoms with Crippen molar-refractivity contribution in [3.05, 3.63) is 69.7 Å². The van der Waals surface area contributed by atoms with E-state index in [1.807, 2.05) is 0 Å². The quantitative estimate of drug-likeness (QED) is 0.448. The Balaban J connectivity index is 1.39. The highest BCUT2D eigenvalue weighted by Gasteiger charge is 2.32. The number of hydrogen-bond donors (Lipinski definition) is 2. The van der Waals surface area contributed by atoms with Gasteiger partial charge in [-0.3, -0.25) is 14.5 Å². The highest BCUT2D eigenvalue weighted by Crippen LogP contribution is 2.26. The lowest BCUT2D eigenvalue weighted by Crippen LogP contribution is -2.38. The zero-order chi connectivity index (χ0) is 23.3. The van der Waals surface area contributed by atoms with Crippen LogP contribution >= 0.6 is 0 Å². The Labute approximate surface area is 188 Å². The molecular weight excluding hydrogens is 448 g/mol. The average Bonchev–Trinajstić information content (AvgIpc) is 3.49. The van der Waals surface area contributed by atoms with Gasteiger partial charge in [-0.1, -0.05) is 12.1 Å². The van der Waals surface area contributed by atoms with Crippen molar-refractivity contribution >= 4 is 27.0 Å². The summed E-state index contributed by atoms with van der Waals surface area (Å²) in [4.78, 5) is 27.1. The summed E-state index contributed by atoms with van der Waals surface area (Å²) < 4.78 is 36.6. The molecular formula is C21H22N6O5S. The Hall–Kier alpha value is -3.64. The summed E-state index contributed by atoms with van der Waals surface area (Å²) in [6.07, 6.45) is 1.65. The van der Waals surface area contributed by atoms with Gasteiger partial charge < -0.3 is 14.3 Å². The van der Waals surface area contributed by atoms with Crippen molar-refractivity contribution in [3.63, 3.8) is 0 Å². The molecule has 4 heterocycles. The van der Waals surface area contributed by atoms with Crippen LogP contribution in [0.3, 0.4) is 0 Å². The number of benzene rings is 1. The van der Waals surface area contributed by atoms with Crippen molar-refractivity contribution < 1.29 is 17.6 Å². The number of amides is 1. The molecule has 33 heavy (non-hydrogen) atoms. The lowest BCUT2D eigenvalue weighted by atomic mass is 10.2. The highest BCUT2D eigenvalue weighted by molar-refractivity contribution is 7.89. The average molecular weight is 471 g/mol. The van der Waals surface area contributed by atoms with Crippen LogP contribution in [0.5, 0.6) is 0 Å². The molecule has 5 rings (SSSR count). The van der Waals surface area contributed by atoms with Gasteiger partial charge in [0.25, 0.3) is 5.91 Å². The maximum absolute atomic E-state index is 13.4. The monoisotopic (exact) mass is 470 g/mol. The second-order valence-corrected chi connectivity index (χ2v) is 9.82. The van der Waals surface area contributed by atoms with Gasteiger partial charge in [-0.15, -0.1) is 0 Å². The molecule has 0 spiro atoms. The molecule has 1 aliphatic rings. The zero-order valence-electron chi connectivity index (χ0n) is 18.0. The second-order valence-electron chi connectivity index (χ2n) is 7.91. The number of H-pyrrole nitrogens is 1. The third kappa shape index (κ3) is 3.56. The third-order valence-corrected chi connectivity index (χ3v) is 7.97. The number of fused-ring (bicyclic) bond motifs is 2. The lowest BCUT2D eigenvalue weighted by molar-refractivity contribution is 0.0942. The van der Waals surface area contributed by atoms with E-state index in [-0.39, 0.29) is 23.7 Å². The first-order valence-electron chi connectivity index (χ1n) is 10.3. The number of aromatic nitrogens is 4. The molecule has 2 N–H and O–H groups in total. The second kappa shape index (κ2) is 7.74. The van der Waals surface area contributed by atoms with Crippen LogP contribution < -0.4 is 11.1 Å². The van der Waals surface area contributed by atoms with E-state index in [0.717, 1.165) is 5.69 Å². The molecule has 0 aliphatic carbocycles. The van der Waals surface area contributed by atoms with Crippen LogP contribution in [0.1, 0.15) is 27.4 Å². The van der Waals surface area contributed by atoms with Gasteiger partial charge in [0.1, 0.15) is 10.6 Å². The van der Waals surface area contributed by atoms with E-state index < -0.39 is 21.7 Å². The normalized spacial score (nSPS) is 14.5. The van der Waals surface area contributed by atoms with Crippen molar-refractivity contribution in [1.29, 1.82) is 0 Å². The van der Waals surface area contributed by atoms with Crippen molar-refractivity contribution in [2.75, 3.05) is 6.54 Å². The predicted molar refractivity (Wildman–Crippen MR) is 118 cm³/mol. The van der Waals surface area contributed by atoms with Crippen LogP contribution in [0.15, 0.2) is 50.6 Å². The molecule has 0 saturated heterocycles. The summed E-state index contributed by atoms with van der Waals surface area (Å²) in [6.45, 7) is 2.79. The molecule has 1 aromatic carbocycles. The Kier molecular flexibility index (Phi) is 4.98. The molecule has 12 heteroatoms. The van der Waals surface area contributed by atoms with E-state index in [9.17, 15) is 18.0 Å². The zero-order valence-corrected chi connectivity index (χ0v) is 18.8. The maximum Gasteiger partial charge on any atom is 0.417 e. The molecule has 0 atom stereocenters. The van der Waals surface area contributed by atoms with Gasteiger partial charge in [-0.2, -0.15) is 9.40 Å². The van der Waals surface area contributed by atoms with E-state index in [2.05, 4.69) is 15.4 Å². The summed E-state index contributed by atoms with van der Waals surface area (Å²) in [6, 6.07) is 8.40. The van der Waals surface area contributed by atoms with Crippen molar-refractivity contribution in [2.24, 2.45) is 7.05 Å². The number of para-hydroxylation sites is 1. The largest absolute Gasteiger partial charge is 0.417 e. The molecule has 11 nitrogen and oxygen atoms in total. The fourth-order valence-corrected chi connectivity index (χ4v) is 5.77. The molecule has 0 bridgehead atoms. The fourth-order valence-electron chi connectivity index (χ4n) is 4.09. The standard InChI is InChI=1S/C21H22N6O5S/c1-13-18(33(30,31)26-8-9-27-15(12-26)6-7-23-27)10-17(25(13)2)20(28)22-11-14-4-3-5-16-19(14)32-21(29)24-16/h3-7,10H,8-9,11-12H2,1-2H3,(H,22,28)(H,24,29). The molecule has 0 fully saturated rings. The van der Waals surface area contributed by atoms with Crippen molar-refractivity contribution in [2.45, 2.75) is 31.5 Å². The number of nitrogens with zero attached hydrogens (tertiary/aromatic N) is 4. The van der Waals surface area contributed by atoms with E-state index in [1.165, 1.54) is 10.4 Å². The molecule has 1 amide bonds. The molecule has 0 unspecified atom stereocenters. The number of sulfonamides is 1. The topological polar surface area (TPSA) is 135 Å². The molecule has 172 valence electrons. The first-order valence-corrected chi connectivity index (χ1v) is 11.8. The Morgan fingerprint density at radius 1 is 1.27 bits per heavy atom. The van der Waals surface area contributed by atoms with Crippen LogP contribution in [0.4, 0.5) is 0 Å². The number of carbonyl (C=O) groups is 1. The molecule has 4 aromatic rings. The van der Waals surface area contributed by atoms with Crippen LogP contribution in [-0.4, -0.2) is 44.5 Å². The van der Waals surface area contributed by atoms with Crippen LogP contribution in [-0.2, 0) is 36.7 Å². The number of nitrogens with one attached hydrogen (secondary N) is 2. The molecule has 1 aliphatic heterocycles. The van der Waals surface area contributed by atoms with Crippen LogP contribution in [0, 0.1) is 6.92 Å². The van der Waals surface area contributed by atoms with Gasteiger partial charge in [-0.25, -0.2) is 13.2 Å². The van der Waals surface area contributed by atoms with E-state index in [0.29, 0.717) is 35.4 Å². The molecule has 0 saturated carbocycles. The summed E-state index contributed by atoms with van der Waals surface area (Å²) in [5.41, 5.74) is 3.05. The number of aromatic amines is 1. The minimum atomic E-state index is -3.80. The van der Waals surface area contributed by atoms with Gasteiger partial charge in [0.05, 0.1) is 24.3 Å². The number of hydrogen-bond acceptors (Lipinski definition) is 6. The third-order valence-electron chi connectivity index (χ3n) is 6.01. The van der Waals surface area contributed by atoms with Crippen LogP contribution in [0.2, 0.25) is 0 Å². The number of rotatable bonds is 5. The van der Waals surface area contributed by atoms with E-state index >= 15 is 0 Å². The van der Waals surface area contributed by atoms with Gasteiger partial charge in [-0.05, 0) is 25.1 Å². The predicted octanol–water partition coefficient (Wildman–Crippen LogP) is 1.10. The number of oxazole rings is 1. The Bertz CT molecular complexity index is 1540. The number of carbonyl (C=O) groups excluding carboxylic acids is 1. The van der Waals surface area contributed by atoms with Crippen LogP contribution in [0.25, 0.3) is 11.1 Å². The smallest absolute Gasteiger partial charge is 0.407 e. The Morgan fingerprint density at radius 3 is 2.91 bits per heavy atom. The summed E-state index contributed by atoms with van der Waals surface area (Å²) in [7, 11) is -2.15. The maximum atomic E-state index is 13.4. The minimum Gasteiger partial charge on any atom is -0.407 e. The van der Waals surface area contributed by atoms with Gasteiger partial charge >= 0.3 is 5.76 Å². The summed E-state index contributed by atoms with van der Waals surface area (Å²) in [5.74, 6) is -1.01. The van der Waals surface area contributed by atoms with Gasteiger partial charge in [0.15, 0.2) is 5.58 Å². The minimum absolute atomic E-state index is 0.0989. The summed E-state index contributed by atoms with van der Waals surface area (Å²) in [5, 5.41) is 6.97.